The van der Waals surface area contributed by atoms with E-state index in [1.807, 2.05) is 38.1 Å². The minimum absolute atomic E-state index is 0.00676. The van der Waals surface area contributed by atoms with Crippen molar-refractivity contribution in [3.8, 4) is 0 Å². The largest absolute Gasteiger partial charge is 0.326 e. The summed E-state index contributed by atoms with van der Waals surface area (Å²) in [6.45, 7) is 4.46. The van der Waals surface area contributed by atoms with E-state index in [0.717, 1.165) is 11.3 Å². The predicted octanol–water partition coefficient (Wildman–Crippen LogP) is 1.48. The van der Waals surface area contributed by atoms with Gasteiger partial charge in [-0.3, -0.25) is 4.79 Å². The monoisotopic (exact) mass is 204 g/mol. The van der Waals surface area contributed by atoms with E-state index in [0.29, 0.717) is 6.54 Å². The summed E-state index contributed by atoms with van der Waals surface area (Å²) < 4.78 is 0. The number of anilines is 1. The van der Waals surface area contributed by atoms with Gasteiger partial charge in [0, 0.05) is 18.3 Å². The van der Waals surface area contributed by atoms with E-state index >= 15 is 0 Å². The Hall–Kier alpha value is -1.35. The van der Waals surface area contributed by atoms with Crippen LogP contribution in [-0.4, -0.2) is 18.5 Å². The van der Waals surface area contributed by atoms with Crippen LogP contribution in [0.1, 0.15) is 25.3 Å². The fraction of sp³-hybridized carbons (Fsp3) is 0.417. The molecule has 2 atom stereocenters. The van der Waals surface area contributed by atoms with E-state index in [-0.39, 0.29) is 17.9 Å². The molecule has 0 bridgehead atoms. The molecule has 1 heterocycles. The molecule has 3 nitrogen and oxygen atoms in total. The van der Waals surface area contributed by atoms with Crippen LogP contribution in [0, 0.1) is 0 Å². The van der Waals surface area contributed by atoms with Crippen molar-refractivity contribution in [2.45, 2.75) is 25.8 Å². The number of hydrogen-bond donors (Lipinski definition) is 1. The molecule has 0 radical (unpaired) electrons. The van der Waals surface area contributed by atoms with Crippen LogP contribution >= 0.6 is 0 Å². The van der Waals surface area contributed by atoms with E-state index in [9.17, 15) is 4.79 Å². The summed E-state index contributed by atoms with van der Waals surface area (Å²) in [4.78, 5) is 13.8. The maximum atomic E-state index is 12.0. The van der Waals surface area contributed by atoms with Crippen LogP contribution in [0.25, 0.3) is 0 Å². The molecule has 2 unspecified atom stereocenters. The molecule has 1 aromatic carbocycles. The van der Waals surface area contributed by atoms with Crippen LogP contribution in [0.15, 0.2) is 24.3 Å². The molecule has 15 heavy (non-hydrogen) atoms. The van der Waals surface area contributed by atoms with Crippen LogP contribution in [0.4, 0.5) is 5.69 Å². The molecule has 0 saturated carbocycles. The van der Waals surface area contributed by atoms with Gasteiger partial charge in [-0.2, -0.15) is 0 Å². The van der Waals surface area contributed by atoms with Gasteiger partial charge in [0.1, 0.15) is 0 Å². The van der Waals surface area contributed by atoms with Crippen LogP contribution < -0.4 is 10.6 Å². The highest BCUT2D eigenvalue weighted by Crippen LogP contribution is 2.36. The zero-order valence-electron chi connectivity index (χ0n) is 9.10. The molecular weight excluding hydrogens is 188 g/mol. The number of nitrogens with two attached hydrogens (primary N) is 1. The van der Waals surface area contributed by atoms with E-state index < -0.39 is 0 Å². The van der Waals surface area contributed by atoms with Crippen molar-refractivity contribution >= 4 is 11.6 Å². The van der Waals surface area contributed by atoms with Crippen molar-refractivity contribution < 1.29 is 4.79 Å². The highest BCUT2D eigenvalue weighted by molar-refractivity contribution is 6.04. The van der Waals surface area contributed by atoms with Crippen molar-refractivity contribution in [1.29, 1.82) is 0 Å². The van der Waals surface area contributed by atoms with Crippen molar-refractivity contribution in [3.63, 3.8) is 0 Å². The molecule has 1 amide bonds. The summed E-state index contributed by atoms with van der Waals surface area (Å²) >= 11 is 0. The van der Waals surface area contributed by atoms with Crippen molar-refractivity contribution in [2.24, 2.45) is 5.73 Å². The topological polar surface area (TPSA) is 46.3 Å². The summed E-state index contributed by atoms with van der Waals surface area (Å²) in [5, 5.41) is 0. The molecule has 1 aliphatic heterocycles. The lowest BCUT2D eigenvalue weighted by atomic mass is 10.0. The minimum atomic E-state index is -0.0278. The second kappa shape index (κ2) is 3.66. The highest BCUT2D eigenvalue weighted by Gasteiger charge is 2.33. The molecule has 0 aliphatic carbocycles. The number of carbonyl (C=O) groups excluding carboxylic acids is 1. The third-order valence-corrected chi connectivity index (χ3v) is 2.80. The Kier molecular flexibility index (Phi) is 2.49. The number of rotatable bonds is 2. The summed E-state index contributed by atoms with van der Waals surface area (Å²) in [6, 6.07) is 7.93. The Labute approximate surface area is 89.9 Å². The Morgan fingerprint density at radius 1 is 1.47 bits per heavy atom. The average Bonchev–Trinajstić information content (AvgIpc) is 2.44. The number of amides is 1. The Morgan fingerprint density at radius 2 is 2.13 bits per heavy atom. The smallest absolute Gasteiger partial charge is 0.234 e. The lowest BCUT2D eigenvalue weighted by molar-refractivity contribution is -0.119. The third kappa shape index (κ3) is 1.63. The lowest BCUT2D eigenvalue weighted by Gasteiger charge is -2.19. The first-order valence-corrected chi connectivity index (χ1v) is 5.27. The molecule has 2 N–H and O–H groups in total. The van der Waals surface area contributed by atoms with E-state index in [4.69, 9.17) is 5.73 Å². The quantitative estimate of drug-likeness (QED) is 0.793. The van der Waals surface area contributed by atoms with E-state index in [2.05, 4.69) is 0 Å². The van der Waals surface area contributed by atoms with Gasteiger partial charge < -0.3 is 10.6 Å². The number of hydrogen-bond acceptors (Lipinski definition) is 2. The Morgan fingerprint density at radius 3 is 2.80 bits per heavy atom. The first kappa shape index (κ1) is 10.2. The van der Waals surface area contributed by atoms with Crippen LogP contribution in [0.5, 0.6) is 0 Å². The second-order valence-corrected chi connectivity index (χ2v) is 4.21. The standard InChI is InChI=1S/C12H16N2O/c1-8(13)7-14-11-6-4-3-5-10(11)9(2)12(14)15/h3-6,8-9H,7,13H2,1-2H3. The molecule has 1 aromatic rings. The zero-order chi connectivity index (χ0) is 11.0. The number of fused-ring (bicyclic) bond motifs is 1. The lowest BCUT2D eigenvalue weighted by Crippen LogP contribution is -2.38. The average molecular weight is 204 g/mol. The molecule has 0 spiro atoms. The van der Waals surface area contributed by atoms with Gasteiger partial charge in [0.25, 0.3) is 0 Å². The first-order chi connectivity index (χ1) is 7.11. The van der Waals surface area contributed by atoms with Crippen LogP contribution in [-0.2, 0) is 4.79 Å². The molecular formula is C12H16N2O. The summed E-state index contributed by atoms with van der Waals surface area (Å²) in [5.41, 5.74) is 7.88. The van der Waals surface area contributed by atoms with Gasteiger partial charge in [-0.15, -0.1) is 0 Å². The number of para-hydroxylation sites is 1. The summed E-state index contributed by atoms with van der Waals surface area (Å²) in [7, 11) is 0. The van der Waals surface area contributed by atoms with Crippen molar-refractivity contribution in [3.05, 3.63) is 29.8 Å². The molecule has 2 rings (SSSR count). The van der Waals surface area contributed by atoms with Crippen LogP contribution in [0.3, 0.4) is 0 Å². The predicted molar refractivity (Wildman–Crippen MR) is 60.9 cm³/mol. The number of nitrogens with zero attached hydrogens (tertiary/aromatic N) is 1. The maximum absolute atomic E-state index is 12.0. The van der Waals surface area contributed by atoms with Gasteiger partial charge in [0.2, 0.25) is 5.91 Å². The third-order valence-electron chi connectivity index (χ3n) is 2.80. The van der Waals surface area contributed by atoms with Crippen molar-refractivity contribution in [2.75, 3.05) is 11.4 Å². The normalized spacial score (nSPS) is 21.7. The molecule has 80 valence electrons. The SMILES string of the molecule is CC(N)CN1C(=O)C(C)c2ccccc21. The second-order valence-electron chi connectivity index (χ2n) is 4.21. The summed E-state index contributed by atoms with van der Waals surface area (Å²) in [5.74, 6) is 0.133. The minimum Gasteiger partial charge on any atom is -0.326 e. The van der Waals surface area contributed by atoms with E-state index in [1.54, 1.807) is 4.90 Å². The number of carbonyl (C=O) groups is 1. The maximum Gasteiger partial charge on any atom is 0.234 e. The van der Waals surface area contributed by atoms with Gasteiger partial charge in [-0.1, -0.05) is 18.2 Å². The van der Waals surface area contributed by atoms with Crippen LogP contribution in [0.2, 0.25) is 0 Å². The fourth-order valence-electron chi connectivity index (χ4n) is 2.06. The molecule has 0 aromatic heterocycles. The van der Waals surface area contributed by atoms with Gasteiger partial charge in [-0.25, -0.2) is 0 Å². The van der Waals surface area contributed by atoms with Gasteiger partial charge in [-0.05, 0) is 25.5 Å². The fourth-order valence-corrected chi connectivity index (χ4v) is 2.06. The summed E-state index contributed by atoms with van der Waals surface area (Å²) in [6.07, 6.45) is 0. The van der Waals surface area contributed by atoms with Crippen molar-refractivity contribution in [1.82, 2.24) is 0 Å². The van der Waals surface area contributed by atoms with Gasteiger partial charge in [0.05, 0.1) is 5.92 Å². The Balaban J connectivity index is 2.38. The molecule has 1 aliphatic rings. The zero-order valence-corrected chi connectivity index (χ0v) is 9.10. The first-order valence-electron chi connectivity index (χ1n) is 5.27. The highest BCUT2D eigenvalue weighted by atomic mass is 16.2. The van der Waals surface area contributed by atoms with E-state index in [1.165, 1.54) is 0 Å². The van der Waals surface area contributed by atoms with Gasteiger partial charge in [0.15, 0.2) is 0 Å². The Bertz CT molecular complexity index is 387. The van der Waals surface area contributed by atoms with Gasteiger partial charge >= 0.3 is 0 Å². The number of benzene rings is 1. The molecule has 0 saturated heterocycles. The molecule has 3 heteroatoms. The molecule has 0 fully saturated rings.